The van der Waals surface area contributed by atoms with Gasteiger partial charge in [-0.1, -0.05) is 38.1 Å². The molecule has 13 rings (SSSR count). The molecule has 6 atom stereocenters. The number of hydrogen-bond donors (Lipinski definition) is 3. The number of likely N-dealkylation sites (tertiary alicyclic amines) is 2. The van der Waals surface area contributed by atoms with Crippen molar-refractivity contribution in [2.24, 2.45) is 5.41 Å². The Morgan fingerprint density at radius 2 is 1.87 bits per heavy atom. The summed E-state index contributed by atoms with van der Waals surface area (Å²) in [6, 6.07) is 21.2. The van der Waals surface area contributed by atoms with Crippen molar-refractivity contribution in [3.8, 4) is 11.6 Å². The number of aromatic amines is 1. The number of pyridine rings is 1. The minimum absolute atomic E-state index is 0.0252. The second kappa shape index (κ2) is 16.5. The molecule has 1 amide bonds. The maximum Gasteiger partial charge on any atom is 0.297 e. The van der Waals surface area contributed by atoms with Gasteiger partial charge in [-0.3, -0.25) is 24.7 Å². The van der Waals surface area contributed by atoms with Crippen LogP contribution in [0.1, 0.15) is 79.4 Å². The van der Waals surface area contributed by atoms with Crippen LogP contribution < -0.4 is 29.3 Å². The van der Waals surface area contributed by atoms with Crippen LogP contribution in [0.2, 0.25) is 0 Å². The lowest BCUT2D eigenvalue weighted by Crippen LogP contribution is -2.66. The van der Waals surface area contributed by atoms with Gasteiger partial charge in [-0.05, 0) is 86.0 Å². The Morgan fingerprint density at radius 3 is 2.67 bits per heavy atom. The van der Waals surface area contributed by atoms with E-state index in [4.69, 9.17) is 23.9 Å². The number of fused-ring (bicyclic) bond motifs is 6. The van der Waals surface area contributed by atoms with Crippen LogP contribution in [-0.4, -0.2) is 135 Å². The van der Waals surface area contributed by atoms with Gasteiger partial charge in [0.05, 0.1) is 59.1 Å². The fourth-order valence-corrected chi connectivity index (χ4v) is 14.0. The van der Waals surface area contributed by atoms with Crippen LogP contribution in [0.15, 0.2) is 77.8 Å². The molecule has 8 aliphatic rings. The Hall–Kier alpha value is -5.99. The van der Waals surface area contributed by atoms with Crippen molar-refractivity contribution in [2.75, 3.05) is 74.3 Å². The number of ether oxygens (including phenoxy) is 4. The number of benzene rings is 3. The number of carbonyl (C=O) groups is 1. The van der Waals surface area contributed by atoms with Crippen molar-refractivity contribution in [3.05, 3.63) is 99.7 Å². The van der Waals surface area contributed by atoms with Gasteiger partial charge >= 0.3 is 0 Å². The highest BCUT2D eigenvalue weighted by molar-refractivity contribution is 7.90. The number of morpholine rings is 1. The highest BCUT2D eigenvalue weighted by atomic mass is 32.2. The van der Waals surface area contributed by atoms with Crippen molar-refractivity contribution in [1.82, 2.24) is 24.5 Å². The molecule has 3 aromatic carbocycles. The van der Waals surface area contributed by atoms with Crippen LogP contribution in [-0.2, 0) is 19.5 Å². The average molecular weight is 972 g/mol. The third-order valence-electron chi connectivity index (χ3n) is 16.4. The fraction of sp³-hybridized carbons (Fsp3) is 0.490. The van der Waals surface area contributed by atoms with Crippen molar-refractivity contribution in [2.45, 2.75) is 99.2 Å². The van der Waals surface area contributed by atoms with Gasteiger partial charge in [0.2, 0.25) is 5.88 Å². The molecule has 3 N–H and O–H groups in total. The number of nitrogens with zero attached hydrogens (tertiary/aromatic N) is 6. The van der Waals surface area contributed by atoms with E-state index >= 15 is 0 Å². The zero-order valence-corrected chi connectivity index (χ0v) is 40.0. The predicted molar refractivity (Wildman–Crippen MR) is 261 cm³/mol. The minimum Gasteiger partial charge on any atom is -0.489 e. The quantitative estimate of drug-likeness (QED) is 0.0963. The van der Waals surface area contributed by atoms with E-state index < -0.39 is 37.5 Å². The second-order valence-electron chi connectivity index (χ2n) is 21.1. The number of nitro benzene ring substituents is 1. The molecule has 0 radical (unpaired) electrons. The van der Waals surface area contributed by atoms with Gasteiger partial charge < -0.3 is 39.0 Å². The maximum atomic E-state index is 14.7. The first-order valence-corrected chi connectivity index (χ1v) is 26.3. The number of anilines is 4. The molecule has 2 aromatic heterocycles. The van der Waals surface area contributed by atoms with Crippen molar-refractivity contribution in [1.29, 1.82) is 0 Å². The average Bonchev–Trinajstić information content (AvgIpc) is 4.19. The van der Waals surface area contributed by atoms with E-state index in [-0.39, 0.29) is 47.2 Å². The third-order valence-corrected chi connectivity index (χ3v) is 17.7. The first kappa shape index (κ1) is 44.0. The molecule has 19 heteroatoms. The summed E-state index contributed by atoms with van der Waals surface area (Å²) in [5.41, 5.74) is 5.48. The van der Waals surface area contributed by atoms with E-state index in [1.807, 2.05) is 29.2 Å². The molecule has 9 heterocycles. The molecule has 1 aliphatic carbocycles. The second-order valence-corrected chi connectivity index (χ2v) is 22.8. The number of hydrogen-bond acceptors (Lipinski definition) is 15. The van der Waals surface area contributed by atoms with Gasteiger partial charge in [-0.15, -0.1) is 0 Å². The summed E-state index contributed by atoms with van der Waals surface area (Å²) >= 11 is 0. The normalized spacial score (nSPS) is 26.8. The van der Waals surface area contributed by atoms with Crippen LogP contribution in [0, 0.1) is 15.5 Å². The lowest BCUT2D eigenvalue weighted by atomic mass is 9.60. The molecule has 7 aliphatic heterocycles. The molecule has 5 aromatic rings. The van der Waals surface area contributed by atoms with Gasteiger partial charge in [-0.25, -0.2) is 13.1 Å². The van der Waals surface area contributed by atoms with Crippen LogP contribution in [0.4, 0.5) is 28.4 Å². The highest BCUT2D eigenvalue weighted by Gasteiger charge is 2.55. The Bertz CT molecular complexity index is 3040. The molecule has 0 unspecified atom stereocenters. The van der Waals surface area contributed by atoms with Gasteiger partial charge in [0.25, 0.3) is 21.6 Å². The van der Waals surface area contributed by atoms with Crippen molar-refractivity contribution >= 4 is 55.4 Å². The van der Waals surface area contributed by atoms with Gasteiger partial charge in [0.1, 0.15) is 24.0 Å². The molecule has 6 fully saturated rings. The van der Waals surface area contributed by atoms with E-state index in [1.54, 1.807) is 12.3 Å². The van der Waals surface area contributed by atoms with Gasteiger partial charge in [0.15, 0.2) is 11.4 Å². The van der Waals surface area contributed by atoms with E-state index in [2.05, 4.69) is 67.8 Å². The standard InChI is InChI=1S/C51H57N9O9S/c1-29(2)37-6-3-4-7-38(37)40-8-5-13-58(40)34-19-51(20-34)27-57(28-51)32-9-10-39(41(16-32)59-43-14-30-11-12-52-48(30)54-50(43)69-46-26-66-25-44(46)59)49(61)55-70(64,65)36-17-42(60(62)63)47-45(18-36)68-23-31(53-47)21-56-22-35-15-33(56)24-67-35/h3-4,6-7,9-12,14,16-18,29,31,33-35,40,44,46,53H,5,8,13,15,19-28H2,1-2H3,(H,52,54)(H,55,61)/t31-,33-,35-,40-,44-,46-/m0/s1. The maximum absolute atomic E-state index is 14.7. The van der Waals surface area contributed by atoms with E-state index in [1.165, 1.54) is 30.0 Å². The molecular formula is C51H57N9O9S. The molecule has 70 heavy (non-hydrogen) atoms. The molecule has 1 spiro atoms. The van der Waals surface area contributed by atoms with Crippen LogP contribution in [0.3, 0.4) is 0 Å². The smallest absolute Gasteiger partial charge is 0.297 e. The van der Waals surface area contributed by atoms with Crippen molar-refractivity contribution < 1.29 is 37.1 Å². The topological polar surface area (TPSA) is 197 Å². The van der Waals surface area contributed by atoms with Gasteiger partial charge in [-0.2, -0.15) is 4.98 Å². The summed E-state index contributed by atoms with van der Waals surface area (Å²) in [6.07, 6.45) is 7.18. The number of aromatic nitrogens is 2. The fourth-order valence-electron chi connectivity index (χ4n) is 13.0. The zero-order valence-electron chi connectivity index (χ0n) is 39.2. The number of nitro groups is 1. The Balaban J connectivity index is 0.787. The van der Waals surface area contributed by atoms with Crippen LogP contribution in [0.5, 0.6) is 11.6 Å². The highest BCUT2D eigenvalue weighted by Crippen LogP contribution is 2.55. The first-order chi connectivity index (χ1) is 33.9. The number of amides is 1. The number of nitrogens with one attached hydrogen (secondary N) is 3. The summed E-state index contributed by atoms with van der Waals surface area (Å²) < 4.78 is 55.1. The van der Waals surface area contributed by atoms with E-state index in [0.29, 0.717) is 73.3 Å². The Morgan fingerprint density at radius 1 is 1.01 bits per heavy atom. The van der Waals surface area contributed by atoms with Crippen LogP contribution >= 0.6 is 0 Å². The summed E-state index contributed by atoms with van der Waals surface area (Å²) in [5.74, 6) is -0.0367. The first-order valence-electron chi connectivity index (χ1n) is 24.8. The lowest BCUT2D eigenvalue weighted by molar-refractivity contribution is -0.384. The molecule has 366 valence electrons. The summed E-state index contributed by atoms with van der Waals surface area (Å²) in [6.45, 7) is 10.2. The third kappa shape index (κ3) is 7.37. The molecule has 18 nitrogen and oxygen atoms in total. The largest absolute Gasteiger partial charge is 0.489 e. The Kier molecular flexibility index (Phi) is 10.4. The van der Waals surface area contributed by atoms with E-state index in [0.717, 1.165) is 62.6 Å². The summed E-state index contributed by atoms with van der Waals surface area (Å²) in [5, 5.41) is 16.6. The monoisotopic (exact) mass is 971 g/mol. The zero-order chi connectivity index (χ0) is 47.6. The number of rotatable bonds is 11. The molecule has 1 saturated carbocycles. The number of sulfonamides is 1. The Labute approximate surface area is 405 Å². The summed E-state index contributed by atoms with van der Waals surface area (Å²) in [4.78, 5) is 43.5. The van der Waals surface area contributed by atoms with E-state index in [9.17, 15) is 23.3 Å². The van der Waals surface area contributed by atoms with Crippen LogP contribution in [0.25, 0.3) is 11.0 Å². The number of H-pyrrole nitrogens is 1. The molecular weight excluding hydrogens is 915 g/mol. The molecule has 2 bridgehead atoms. The predicted octanol–water partition coefficient (Wildman–Crippen LogP) is 6.46. The van der Waals surface area contributed by atoms with Crippen molar-refractivity contribution in [3.63, 3.8) is 0 Å². The minimum atomic E-state index is -4.69. The lowest BCUT2D eigenvalue weighted by Gasteiger charge is -2.62. The number of carbonyl (C=O) groups excluding carboxylic acids is 1. The van der Waals surface area contributed by atoms with Gasteiger partial charge in [0, 0.05) is 79.1 Å². The summed E-state index contributed by atoms with van der Waals surface area (Å²) in [7, 11) is -4.69. The molecule has 5 saturated heterocycles. The SMILES string of the molecule is CC(C)c1ccccc1[C@@H]1CCCN1C1CC2(C1)CN(c1ccc(C(=O)NS(=O)(=O)c3cc4c(c([N+](=O)[O-])c3)N[C@@H](CN3C[C@@H]5C[C@H]3CO5)CO4)c(N3c4cc5cc[nH]c5nc4O[C@H]4COC[C@@H]43)c1)C2.